The van der Waals surface area contributed by atoms with Crippen molar-refractivity contribution in [2.75, 3.05) is 0 Å². The van der Waals surface area contributed by atoms with E-state index in [-0.39, 0.29) is 5.69 Å². The summed E-state index contributed by atoms with van der Waals surface area (Å²) in [4.78, 5) is 16.8. The Kier molecular flexibility index (Phi) is 4.06. The number of carbonyl (C=O) groups is 1. The first-order chi connectivity index (χ1) is 10.7. The van der Waals surface area contributed by atoms with Gasteiger partial charge in [-0.25, -0.2) is 9.78 Å². The zero-order valence-corrected chi connectivity index (χ0v) is 11.6. The van der Waals surface area contributed by atoms with Crippen molar-refractivity contribution in [2.24, 2.45) is 0 Å². The Bertz CT molecular complexity index is 679. The second-order valence-electron chi connectivity index (χ2n) is 4.74. The Balaban J connectivity index is 1.73. The normalized spacial score (nSPS) is 11.1. The third-order valence-corrected chi connectivity index (χ3v) is 3.05. The van der Waals surface area contributed by atoms with E-state index in [2.05, 4.69) is 4.98 Å². The topological polar surface area (TPSA) is 92.8 Å². The molecule has 0 radical (unpaired) electrons. The fourth-order valence-electron chi connectivity index (χ4n) is 2.09. The molecule has 0 aliphatic carbocycles. The van der Waals surface area contributed by atoms with Gasteiger partial charge in [0.1, 0.15) is 17.8 Å². The molecular weight excluding hydrogens is 288 g/mol. The molecule has 3 aromatic rings. The highest BCUT2D eigenvalue weighted by Crippen LogP contribution is 2.15. The number of aromatic carboxylic acids is 1. The van der Waals surface area contributed by atoms with Gasteiger partial charge in [-0.3, -0.25) is 4.90 Å². The molecule has 0 unspecified atom stereocenters. The predicted octanol–water partition coefficient (Wildman–Crippen LogP) is 2.76. The van der Waals surface area contributed by atoms with Crippen LogP contribution in [0.3, 0.4) is 0 Å². The lowest BCUT2D eigenvalue weighted by atomic mass is 10.3. The number of carboxylic acids is 1. The van der Waals surface area contributed by atoms with Crippen molar-refractivity contribution in [3.8, 4) is 0 Å². The van der Waals surface area contributed by atoms with E-state index in [4.69, 9.17) is 18.4 Å². The predicted molar refractivity (Wildman–Crippen MR) is 73.8 cm³/mol. The summed E-state index contributed by atoms with van der Waals surface area (Å²) in [7, 11) is 0. The van der Waals surface area contributed by atoms with Gasteiger partial charge in [-0.2, -0.15) is 0 Å². The molecule has 3 rings (SSSR count). The quantitative estimate of drug-likeness (QED) is 0.717. The van der Waals surface area contributed by atoms with E-state index in [1.807, 2.05) is 29.2 Å². The van der Waals surface area contributed by atoms with Crippen LogP contribution in [-0.4, -0.2) is 21.0 Å². The largest absolute Gasteiger partial charge is 0.476 e. The average Bonchev–Trinajstić information content (AvgIpc) is 3.19. The van der Waals surface area contributed by atoms with Gasteiger partial charge in [0.25, 0.3) is 0 Å². The molecule has 0 fully saturated rings. The van der Waals surface area contributed by atoms with E-state index in [9.17, 15) is 4.79 Å². The lowest BCUT2D eigenvalue weighted by Gasteiger charge is -2.18. The Morgan fingerprint density at radius 2 is 1.68 bits per heavy atom. The number of furan rings is 2. The SMILES string of the molecule is O=C(O)c1coc(CN(Cc2ccco2)Cc2ccco2)n1. The second-order valence-corrected chi connectivity index (χ2v) is 4.74. The molecule has 7 nitrogen and oxygen atoms in total. The number of aromatic nitrogens is 1. The number of hydrogen-bond donors (Lipinski definition) is 1. The van der Waals surface area contributed by atoms with E-state index in [0.29, 0.717) is 25.5 Å². The van der Waals surface area contributed by atoms with Crippen LogP contribution in [0.4, 0.5) is 0 Å². The standard InChI is InChI=1S/C15H14N2O5/c18-15(19)13-10-22-14(16-13)9-17(7-11-3-1-5-20-11)8-12-4-2-6-21-12/h1-6,10H,7-9H2,(H,18,19). The molecule has 0 spiro atoms. The van der Waals surface area contributed by atoms with Crippen LogP contribution in [0.15, 0.2) is 56.3 Å². The van der Waals surface area contributed by atoms with Crippen LogP contribution in [0, 0.1) is 0 Å². The van der Waals surface area contributed by atoms with Gasteiger partial charge in [0.05, 0.1) is 32.2 Å². The summed E-state index contributed by atoms with van der Waals surface area (Å²) in [6.45, 7) is 1.39. The summed E-state index contributed by atoms with van der Waals surface area (Å²) < 4.78 is 15.9. The smallest absolute Gasteiger partial charge is 0.357 e. The average molecular weight is 302 g/mol. The zero-order chi connectivity index (χ0) is 15.4. The first-order valence-corrected chi connectivity index (χ1v) is 6.65. The van der Waals surface area contributed by atoms with Crippen molar-refractivity contribution in [2.45, 2.75) is 19.6 Å². The minimum Gasteiger partial charge on any atom is -0.476 e. The molecule has 0 saturated heterocycles. The van der Waals surface area contributed by atoms with Crippen LogP contribution < -0.4 is 0 Å². The Morgan fingerprint density at radius 3 is 2.14 bits per heavy atom. The Labute approximate surface area is 125 Å². The number of carboxylic acid groups (broad SMARTS) is 1. The summed E-state index contributed by atoms with van der Waals surface area (Å²) in [5, 5.41) is 8.88. The first kappa shape index (κ1) is 14.2. The van der Waals surface area contributed by atoms with Gasteiger partial charge in [0.15, 0.2) is 5.69 Å². The summed E-state index contributed by atoms with van der Waals surface area (Å²) >= 11 is 0. The monoisotopic (exact) mass is 302 g/mol. The van der Waals surface area contributed by atoms with Gasteiger partial charge in [0.2, 0.25) is 5.89 Å². The molecule has 3 heterocycles. The van der Waals surface area contributed by atoms with Crippen molar-refractivity contribution in [3.63, 3.8) is 0 Å². The number of hydrogen-bond acceptors (Lipinski definition) is 6. The number of rotatable bonds is 7. The highest BCUT2D eigenvalue weighted by Gasteiger charge is 2.16. The molecule has 0 amide bonds. The van der Waals surface area contributed by atoms with Crippen molar-refractivity contribution in [1.29, 1.82) is 0 Å². The summed E-state index contributed by atoms with van der Waals surface area (Å²) in [6, 6.07) is 7.36. The minimum atomic E-state index is -1.11. The van der Waals surface area contributed by atoms with Crippen LogP contribution in [-0.2, 0) is 19.6 Å². The minimum absolute atomic E-state index is 0.106. The van der Waals surface area contributed by atoms with Gasteiger partial charge < -0.3 is 18.4 Å². The summed E-state index contributed by atoms with van der Waals surface area (Å²) in [6.07, 6.45) is 4.35. The lowest BCUT2D eigenvalue weighted by Crippen LogP contribution is -2.22. The van der Waals surface area contributed by atoms with E-state index in [1.54, 1.807) is 12.5 Å². The molecule has 7 heteroatoms. The summed E-state index contributed by atoms with van der Waals surface area (Å²) in [5.41, 5.74) is -0.106. The fraction of sp³-hybridized carbons (Fsp3) is 0.200. The lowest BCUT2D eigenvalue weighted by molar-refractivity contribution is 0.0690. The maximum absolute atomic E-state index is 10.8. The van der Waals surface area contributed by atoms with Crippen LogP contribution in [0.5, 0.6) is 0 Å². The molecule has 3 aromatic heterocycles. The van der Waals surface area contributed by atoms with Crippen molar-refractivity contribution in [1.82, 2.24) is 9.88 Å². The van der Waals surface area contributed by atoms with Crippen LogP contribution >= 0.6 is 0 Å². The van der Waals surface area contributed by atoms with E-state index < -0.39 is 5.97 Å². The summed E-state index contributed by atoms with van der Waals surface area (Å²) in [5.74, 6) is 0.794. The maximum Gasteiger partial charge on any atom is 0.357 e. The molecule has 0 bridgehead atoms. The van der Waals surface area contributed by atoms with Crippen LogP contribution in [0.2, 0.25) is 0 Å². The Hall–Kier alpha value is -2.80. The van der Waals surface area contributed by atoms with Crippen molar-refractivity contribution >= 4 is 5.97 Å². The number of nitrogens with zero attached hydrogens (tertiary/aromatic N) is 2. The molecule has 0 saturated carbocycles. The third-order valence-electron chi connectivity index (χ3n) is 3.05. The number of oxazole rings is 1. The highest BCUT2D eigenvalue weighted by atomic mass is 16.4. The van der Waals surface area contributed by atoms with Crippen LogP contribution in [0.25, 0.3) is 0 Å². The molecule has 22 heavy (non-hydrogen) atoms. The van der Waals surface area contributed by atoms with Crippen molar-refractivity contribution in [3.05, 3.63) is 66.2 Å². The van der Waals surface area contributed by atoms with E-state index in [1.165, 1.54) is 0 Å². The molecule has 0 aliphatic rings. The van der Waals surface area contributed by atoms with Gasteiger partial charge in [-0.05, 0) is 24.3 Å². The third kappa shape index (κ3) is 3.44. The van der Waals surface area contributed by atoms with Gasteiger partial charge in [-0.1, -0.05) is 0 Å². The van der Waals surface area contributed by atoms with Gasteiger partial charge in [-0.15, -0.1) is 0 Å². The van der Waals surface area contributed by atoms with Gasteiger partial charge in [0, 0.05) is 0 Å². The molecule has 0 aliphatic heterocycles. The molecule has 0 aromatic carbocycles. The molecule has 114 valence electrons. The Morgan fingerprint density at radius 1 is 1.05 bits per heavy atom. The first-order valence-electron chi connectivity index (χ1n) is 6.65. The maximum atomic E-state index is 10.8. The zero-order valence-electron chi connectivity index (χ0n) is 11.6. The fourth-order valence-corrected chi connectivity index (χ4v) is 2.09. The second kappa shape index (κ2) is 6.31. The van der Waals surface area contributed by atoms with E-state index in [0.717, 1.165) is 17.8 Å². The van der Waals surface area contributed by atoms with Gasteiger partial charge >= 0.3 is 5.97 Å². The van der Waals surface area contributed by atoms with E-state index >= 15 is 0 Å². The van der Waals surface area contributed by atoms with Crippen molar-refractivity contribution < 1.29 is 23.2 Å². The van der Waals surface area contributed by atoms with Crippen LogP contribution in [0.1, 0.15) is 27.9 Å². The molecule has 1 N–H and O–H groups in total. The molecule has 0 atom stereocenters. The highest BCUT2D eigenvalue weighted by molar-refractivity contribution is 5.84. The molecular formula is C15H14N2O5.